The Balaban J connectivity index is 0.000000613. The van der Waals surface area contributed by atoms with Gasteiger partial charge in [0, 0.05) is 11.1 Å². The third kappa shape index (κ3) is 4.01. The van der Waals surface area contributed by atoms with E-state index in [4.69, 9.17) is 14.0 Å². The molecule has 3 aromatic carbocycles. The van der Waals surface area contributed by atoms with Crippen LogP contribution in [0, 0.1) is 0 Å². The van der Waals surface area contributed by atoms with Crippen LogP contribution >= 0.6 is 0 Å². The lowest BCUT2D eigenvalue weighted by Gasteiger charge is -2.03. The van der Waals surface area contributed by atoms with Crippen molar-refractivity contribution in [3.8, 4) is 33.8 Å². The lowest BCUT2D eigenvalue weighted by molar-refractivity contribution is -0.191. The lowest BCUT2D eigenvalue weighted by atomic mass is 10.0. The summed E-state index contributed by atoms with van der Waals surface area (Å²) in [5.41, 5.74) is 5.25. The number of benzene rings is 3. The normalized spacial score (nSPS) is 9.69. The van der Waals surface area contributed by atoms with Crippen LogP contribution in [0.1, 0.15) is 0 Å². The molecule has 0 bridgehead atoms. The van der Waals surface area contributed by atoms with Gasteiger partial charge in [-0.15, -0.1) is 0 Å². The standard InChI is InChI=1S/C21H15NO.CO2/c1-3-8-16(9-4-1)18-12-7-13-19(14-18)20-15-23-21(22-20)17-10-5-2-6-11-17;2-1-3/h1-15H;. The van der Waals surface area contributed by atoms with E-state index in [-0.39, 0.29) is 6.15 Å². The van der Waals surface area contributed by atoms with Crippen LogP contribution in [-0.4, -0.2) is 11.1 Å². The molecule has 126 valence electrons. The first kappa shape index (κ1) is 17.1. The van der Waals surface area contributed by atoms with Crippen molar-refractivity contribution in [1.82, 2.24) is 4.98 Å². The minimum absolute atomic E-state index is 0.250. The minimum atomic E-state index is 0.250. The van der Waals surface area contributed by atoms with Crippen molar-refractivity contribution in [1.29, 1.82) is 0 Å². The topological polar surface area (TPSA) is 60.2 Å². The maximum absolute atomic E-state index is 8.12. The molecule has 4 heteroatoms. The highest BCUT2D eigenvalue weighted by Crippen LogP contribution is 2.28. The first-order valence-corrected chi connectivity index (χ1v) is 7.98. The number of aromatic nitrogens is 1. The van der Waals surface area contributed by atoms with Gasteiger partial charge in [-0.25, -0.2) is 4.98 Å². The average molecular weight is 341 g/mol. The summed E-state index contributed by atoms with van der Waals surface area (Å²) in [6.07, 6.45) is 1.96. The molecule has 0 saturated carbocycles. The van der Waals surface area contributed by atoms with Crippen molar-refractivity contribution in [2.45, 2.75) is 0 Å². The first-order chi connectivity index (χ1) is 12.8. The van der Waals surface area contributed by atoms with E-state index in [0.717, 1.165) is 16.8 Å². The van der Waals surface area contributed by atoms with Gasteiger partial charge in [0.05, 0.1) is 0 Å². The van der Waals surface area contributed by atoms with Gasteiger partial charge < -0.3 is 4.42 Å². The predicted octanol–water partition coefficient (Wildman–Crippen LogP) is 5.09. The third-order valence-electron chi connectivity index (χ3n) is 3.79. The van der Waals surface area contributed by atoms with Gasteiger partial charge >= 0.3 is 6.15 Å². The zero-order chi connectivity index (χ0) is 18.2. The molecule has 4 aromatic rings. The summed E-state index contributed by atoms with van der Waals surface area (Å²) in [6.45, 7) is 0. The van der Waals surface area contributed by atoms with Crippen LogP contribution in [0.25, 0.3) is 33.8 Å². The second-order valence-corrected chi connectivity index (χ2v) is 5.43. The van der Waals surface area contributed by atoms with Crippen molar-refractivity contribution in [3.05, 3.63) is 91.2 Å². The summed E-state index contributed by atoms with van der Waals surface area (Å²) in [4.78, 5) is 20.9. The van der Waals surface area contributed by atoms with Crippen LogP contribution in [-0.2, 0) is 9.59 Å². The smallest absolute Gasteiger partial charge is 0.373 e. The highest BCUT2D eigenvalue weighted by Gasteiger charge is 2.09. The molecule has 0 unspecified atom stereocenters. The molecule has 0 saturated heterocycles. The molecule has 0 fully saturated rings. The fourth-order valence-corrected chi connectivity index (χ4v) is 2.61. The van der Waals surface area contributed by atoms with Crippen molar-refractivity contribution in [2.24, 2.45) is 0 Å². The number of oxazole rings is 1. The number of rotatable bonds is 3. The molecule has 26 heavy (non-hydrogen) atoms. The van der Waals surface area contributed by atoms with Crippen LogP contribution in [0.2, 0.25) is 0 Å². The van der Waals surface area contributed by atoms with Gasteiger partial charge in [-0.2, -0.15) is 9.59 Å². The van der Waals surface area contributed by atoms with Gasteiger partial charge in [0.2, 0.25) is 5.89 Å². The molecule has 0 aliphatic heterocycles. The summed E-state index contributed by atoms with van der Waals surface area (Å²) < 4.78 is 5.64. The average Bonchev–Trinajstić information content (AvgIpc) is 3.20. The van der Waals surface area contributed by atoms with Crippen molar-refractivity contribution < 1.29 is 14.0 Å². The van der Waals surface area contributed by atoms with Gasteiger partial charge in [0.1, 0.15) is 12.0 Å². The maximum atomic E-state index is 8.12. The van der Waals surface area contributed by atoms with Crippen LogP contribution in [0.15, 0.2) is 95.6 Å². The van der Waals surface area contributed by atoms with Crippen molar-refractivity contribution >= 4 is 6.15 Å². The first-order valence-electron chi connectivity index (χ1n) is 7.98. The SMILES string of the molecule is O=C=O.c1ccc(-c2cccc(-c3coc(-c4ccccc4)n3)c2)cc1. The van der Waals surface area contributed by atoms with Gasteiger partial charge in [-0.3, -0.25) is 0 Å². The fourth-order valence-electron chi connectivity index (χ4n) is 2.61. The molecular weight excluding hydrogens is 326 g/mol. The molecule has 0 atom stereocenters. The Labute approximate surface area is 150 Å². The number of nitrogens with zero attached hydrogens (tertiary/aromatic N) is 1. The summed E-state index contributed by atoms with van der Waals surface area (Å²) in [5.74, 6) is 0.644. The molecule has 1 aromatic heterocycles. The number of hydrogen-bond acceptors (Lipinski definition) is 4. The zero-order valence-electron chi connectivity index (χ0n) is 13.8. The fraction of sp³-hybridized carbons (Fsp3) is 0. The van der Waals surface area contributed by atoms with E-state index in [2.05, 4.69) is 41.4 Å². The van der Waals surface area contributed by atoms with Crippen LogP contribution < -0.4 is 0 Å². The van der Waals surface area contributed by atoms with Crippen LogP contribution in [0.4, 0.5) is 0 Å². The van der Waals surface area contributed by atoms with Gasteiger partial charge in [0.15, 0.2) is 0 Å². The second-order valence-electron chi connectivity index (χ2n) is 5.43. The molecule has 0 spiro atoms. The zero-order valence-corrected chi connectivity index (χ0v) is 13.8. The van der Waals surface area contributed by atoms with E-state index < -0.39 is 0 Å². The summed E-state index contributed by atoms with van der Waals surface area (Å²) in [5, 5.41) is 0. The maximum Gasteiger partial charge on any atom is 0.373 e. The Kier molecular flexibility index (Phi) is 5.51. The van der Waals surface area contributed by atoms with E-state index in [0.29, 0.717) is 5.89 Å². The van der Waals surface area contributed by atoms with Gasteiger partial charge in [0.25, 0.3) is 0 Å². The Morgan fingerprint density at radius 2 is 1.19 bits per heavy atom. The van der Waals surface area contributed by atoms with Gasteiger partial charge in [-0.1, -0.05) is 66.7 Å². The minimum Gasteiger partial charge on any atom is -0.444 e. The lowest BCUT2D eigenvalue weighted by Crippen LogP contribution is -1.82. The van der Waals surface area contributed by atoms with E-state index in [9.17, 15) is 0 Å². The highest BCUT2D eigenvalue weighted by atomic mass is 16.3. The highest BCUT2D eigenvalue weighted by molar-refractivity contribution is 5.71. The van der Waals surface area contributed by atoms with Crippen molar-refractivity contribution in [3.63, 3.8) is 0 Å². The molecule has 0 amide bonds. The van der Waals surface area contributed by atoms with E-state index in [1.807, 2.05) is 48.5 Å². The molecule has 4 rings (SSSR count). The third-order valence-corrected chi connectivity index (χ3v) is 3.79. The second kappa shape index (κ2) is 8.38. The molecule has 0 radical (unpaired) electrons. The number of hydrogen-bond donors (Lipinski definition) is 0. The van der Waals surface area contributed by atoms with E-state index in [1.165, 1.54) is 11.1 Å². The molecule has 1 heterocycles. The Morgan fingerprint density at radius 1 is 0.654 bits per heavy atom. The van der Waals surface area contributed by atoms with Gasteiger partial charge in [-0.05, 0) is 29.3 Å². The molecule has 0 aliphatic rings. The molecular formula is C22H15NO3. The Hall–Kier alpha value is -3.75. The van der Waals surface area contributed by atoms with Crippen molar-refractivity contribution in [2.75, 3.05) is 0 Å². The Bertz CT molecular complexity index is 1000. The monoisotopic (exact) mass is 341 g/mol. The summed E-state index contributed by atoms with van der Waals surface area (Å²) in [7, 11) is 0. The van der Waals surface area contributed by atoms with E-state index in [1.54, 1.807) is 6.26 Å². The molecule has 0 N–H and O–H groups in total. The Morgan fingerprint density at radius 3 is 1.85 bits per heavy atom. The molecule has 4 nitrogen and oxygen atoms in total. The summed E-state index contributed by atoms with van der Waals surface area (Å²) in [6, 6.07) is 28.6. The quantitative estimate of drug-likeness (QED) is 0.520. The van der Waals surface area contributed by atoms with E-state index >= 15 is 0 Å². The largest absolute Gasteiger partial charge is 0.444 e. The summed E-state index contributed by atoms with van der Waals surface area (Å²) >= 11 is 0. The predicted molar refractivity (Wildman–Crippen MR) is 97.8 cm³/mol. The van der Waals surface area contributed by atoms with Crippen LogP contribution in [0.5, 0.6) is 0 Å². The molecule has 0 aliphatic carbocycles. The number of carbonyl (C=O) groups excluding carboxylic acids is 2. The van der Waals surface area contributed by atoms with Crippen LogP contribution in [0.3, 0.4) is 0 Å².